The molecular formula is C22H26N5O2S+. The monoisotopic (exact) mass is 424 g/mol. The Morgan fingerprint density at radius 1 is 1.17 bits per heavy atom. The zero-order chi connectivity index (χ0) is 21.1. The molecule has 8 heteroatoms. The maximum atomic E-state index is 11.4. The number of nitrogens with two attached hydrogens (primary N) is 1. The fourth-order valence-electron chi connectivity index (χ4n) is 3.93. The Morgan fingerprint density at radius 3 is 2.43 bits per heavy atom. The number of nitrogens with zero attached hydrogens (tertiary/aromatic N) is 3. The van der Waals surface area contributed by atoms with Crippen LogP contribution in [-0.4, -0.2) is 40.5 Å². The maximum Gasteiger partial charge on any atom is 0.220 e. The number of hydrogen-bond donors (Lipinski definition) is 2. The van der Waals surface area contributed by atoms with Crippen molar-refractivity contribution in [1.29, 1.82) is 0 Å². The van der Waals surface area contributed by atoms with Gasteiger partial charge in [0, 0.05) is 30.0 Å². The van der Waals surface area contributed by atoms with E-state index in [-0.39, 0.29) is 11.8 Å². The molecule has 2 aromatic carbocycles. The average Bonchev–Trinajstić information content (AvgIpc) is 3.10. The molecular weight excluding hydrogens is 398 g/mol. The molecule has 0 atom stereocenters. The lowest BCUT2D eigenvalue weighted by atomic mass is 9.97. The quantitative estimate of drug-likeness (QED) is 0.592. The predicted molar refractivity (Wildman–Crippen MR) is 117 cm³/mol. The number of ether oxygens (including phenoxy) is 1. The number of nitrogens with one attached hydrogen (secondary N) is 1. The second kappa shape index (κ2) is 8.81. The van der Waals surface area contributed by atoms with Gasteiger partial charge in [-0.3, -0.25) is 9.36 Å². The van der Waals surface area contributed by atoms with Crippen molar-refractivity contribution in [1.82, 2.24) is 14.3 Å². The molecule has 1 amide bonds. The van der Waals surface area contributed by atoms with Gasteiger partial charge in [-0.15, -0.1) is 5.10 Å². The summed E-state index contributed by atoms with van der Waals surface area (Å²) in [5.41, 5.74) is 7.41. The van der Waals surface area contributed by atoms with Crippen LogP contribution in [0.3, 0.4) is 0 Å². The van der Waals surface area contributed by atoms with Crippen molar-refractivity contribution in [3.63, 3.8) is 0 Å². The minimum atomic E-state index is -0.194. The number of carbonyl (C=O) groups excluding carboxylic acids is 1. The van der Waals surface area contributed by atoms with Gasteiger partial charge in [-0.05, 0) is 48.6 Å². The molecule has 1 aliphatic heterocycles. The molecule has 4 rings (SSSR count). The summed E-state index contributed by atoms with van der Waals surface area (Å²) >= 11 is 5.83. The van der Waals surface area contributed by atoms with Crippen molar-refractivity contribution >= 4 is 18.1 Å². The van der Waals surface area contributed by atoms with Gasteiger partial charge in [-0.1, -0.05) is 18.2 Å². The molecule has 3 N–H and O–H groups in total. The highest BCUT2D eigenvalue weighted by atomic mass is 32.1. The first-order valence-corrected chi connectivity index (χ1v) is 10.5. The van der Waals surface area contributed by atoms with Gasteiger partial charge in [0.2, 0.25) is 10.7 Å². The van der Waals surface area contributed by atoms with Crippen LogP contribution in [0.2, 0.25) is 0 Å². The number of methoxy groups -OCH3 is 1. The normalized spacial score (nSPS) is 18.8. The average molecular weight is 425 g/mol. The number of primary amides is 1. The van der Waals surface area contributed by atoms with Gasteiger partial charge in [-0.2, -0.15) is 4.68 Å². The zero-order valence-electron chi connectivity index (χ0n) is 17.0. The summed E-state index contributed by atoms with van der Waals surface area (Å²) < 4.78 is 9.83. The largest absolute Gasteiger partial charge is 0.497 e. The standard InChI is InChI=1S/C22H25N5O2S/c1-29-19-9-7-17(8-10-19)21-24-26(15-25-13-11-16(12-14-25)20(23)28)22(30)27(21)18-5-3-2-4-6-18/h2-10,16H,11-15H2,1H3,(H2,23,28)/p+1. The van der Waals surface area contributed by atoms with Crippen LogP contribution in [0.1, 0.15) is 12.8 Å². The Bertz CT molecular complexity index is 1070. The first-order valence-electron chi connectivity index (χ1n) is 10.1. The van der Waals surface area contributed by atoms with Crippen LogP contribution < -0.4 is 15.4 Å². The summed E-state index contributed by atoms with van der Waals surface area (Å²) in [5, 5.41) is 4.88. The van der Waals surface area contributed by atoms with Crippen LogP contribution in [0.25, 0.3) is 17.1 Å². The third-order valence-corrected chi connectivity index (χ3v) is 6.06. The highest BCUT2D eigenvalue weighted by molar-refractivity contribution is 7.71. The first kappa shape index (κ1) is 20.3. The van der Waals surface area contributed by atoms with Gasteiger partial charge in [0.15, 0.2) is 12.5 Å². The molecule has 156 valence electrons. The highest BCUT2D eigenvalue weighted by Crippen LogP contribution is 2.24. The minimum absolute atomic E-state index is 0.0153. The van der Waals surface area contributed by atoms with Gasteiger partial charge < -0.3 is 15.4 Å². The van der Waals surface area contributed by atoms with E-state index < -0.39 is 0 Å². The number of carbonyl (C=O) groups is 1. The maximum absolute atomic E-state index is 11.4. The minimum Gasteiger partial charge on any atom is -0.497 e. The van der Waals surface area contributed by atoms with Gasteiger partial charge in [0.25, 0.3) is 0 Å². The lowest BCUT2D eigenvalue weighted by Crippen LogP contribution is -3.12. The number of rotatable bonds is 6. The molecule has 1 aromatic heterocycles. The molecule has 0 bridgehead atoms. The van der Waals surface area contributed by atoms with E-state index in [0.29, 0.717) is 11.4 Å². The summed E-state index contributed by atoms with van der Waals surface area (Å²) in [6, 6.07) is 17.9. The van der Waals surface area contributed by atoms with Crippen LogP contribution in [0.4, 0.5) is 0 Å². The lowest BCUT2D eigenvalue weighted by Gasteiger charge is -2.27. The second-order valence-electron chi connectivity index (χ2n) is 7.59. The van der Waals surface area contributed by atoms with Crippen molar-refractivity contribution in [2.45, 2.75) is 19.5 Å². The molecule has 0 aliphatic carbocycles. The fourth-order valence-corrected chi connectivity index (χ4v) is 4.23. The molecule has 0 radical (unpaired) electrons. The number of amides is 1. The highest BCUT2D eigenvalue weighted by Gasteiger charge is 2.27. The summed E-state index contributed by atoms with van der Waals surface area (Å²) in [6.07, 6.45) is 1.62. The Morgan fingerprint density at radius 2 is 1.83 bits per heavy atom. The van der Waals surface area contributed by atoms with Crippen LogP contribution in [0.5, 0.6) is 5.75 Å². The van der Waals surface area contributed by atoms with Crippen molar-refractivity contribution < 1.29 is 14.4 Å². The van der Waals surface area contributed by atoms with Crippen LogP contribution >= 0.6 is 12.2 Å². The third-order valence-electron chi connectivity index (χ3n) is 5.67. The molecule has 0 saturated carbocycles. The summed E-state index contributed by atoms with van der Waals surface area (Å²) in [5.74, 6) is 1.38. The van der Waals surface area contributed by atoms with Gasteiger partial charge >= 0.3 is 0 Å². The van der Waals surface area contributed by atoms with E-state index in [2.05, 4.69) is 0 Å². The Kier molecular flexibility index (Phi) is 5.96. The number of hydrogen-bond acceptors (Lipinski definition) is 4. The molecule has 0 unspecified atom stereocenters. The first-order chi connectivity index (χ1) is 14.6. The number of benzene rings is 2. The fraction of sp³-hybridized carbons (Fsp3) is 0.318. The van der Waals surface area contributed by atoms with Crippen LogP contribution in [-0.2, 0) is 11.5 Å². The van der Waals surface area contributed by atoms with E-state index in [1.54, 1.807) is 7.11 Å². The van der Waals surface area contributed by atoms with Gasteiger partial charge in [-0.25, -0.2) is 0 Å². The Hall–Kier alpha value is -2.97. The number of likely N-dealkylation sites (tertiary alicyclic amines) is 1. The predicted octanol–water partition coefficient (Wildman–Crippen LogP) is 1.82. The number of para-hydroxylation sites is 1. The van der Waals surface area contributed by atoms with Gasteiger partial charge in [0.1, 0.15) is 5.75 Å². The molecule has 7 nitrogen and oxygen atoms in total. The van der Waals surface area contributed by atoms with Crippen molar-refractivity contribution in [3.05, 3.63) is 59.4 Å². The smallest absolute Gasteiger partial charge is 0.220 e. The molecule has 3 aromatic rings. The Balaban J connectivity index is 1.68. The summed E-state index contributed by atoms with van der Waals surface area (Å²) in [7, 11) is 1.65. The van der Waals surface area contributed by atoms with Crippen molar-refractivity contribution in [3.8, 4) is 22.8 Å². The molecule has 30 heavy (non-hydrogen) atoms. The lowest BCUT2D eigenvalue weighted by molar-refractivity contribution is -0.928. The van der Waals surface area contributed by atoms with Gasteiger partial charge in [0.05, 0.1) is 20.2 Å². The van der Waals surface area contributed by atoms with Crippen molar-refractivity contribution in [2.75, 3.05) is 20.2 Å². The molecule has 2 heterocycles. The van der Waals surface area contributed by atoms with E-state index in [1.807, 2.05) is 63.8 Å². The molecule has 1 aliphatic rings. The topological polar surface area (TPSA) is 79.5 Å². The second-order valence-corrected chi connectivity index (χ2v) is 7.96. The Labute approximate surface area is 180 Å². The third kappa shape index (κ3) is 4.15. The van der Waals surface area contributed by atoms with E-state index in [9.17, 15) is 4.79 Å². The molecule has 1 fully saturated rings. The van der Waals surface area contributed by atoms with E-state index in [0.717, 1.165) is 48.8 Å². The van der Waals surface area contributed by atoms with Crippen LogP contribution in [0.15, 0.2) is 54.6 Å². The number of aromatic nitrogens is 3. The van der Waals surface area contributed by atoms with E-state index in [1.165, 1.54) is 4.90 Å². The summed E-state index contributed by atoms with van der Waals surface area (Å²) in [4.78, 5) is 12.8. The van der Waals surface area contributed by atoms with Crippen molar-refractivity contribution in [2.24, 2.45) is 11.7 Å². The SMILES string of the molecule is COc1ccc(-c2nn(C[NH+]3CCC(C(N)=O)CC3)c(=S)n2-c2ccccc2)cc1. The number of piperidine rings is 1. The molecule has 1 saturated heterocycles. The summed E-state index contributed by atoms with van der Waals surface area (Å²) in [6.45, 7) is 2.42. The van der Waals surface area contributed by atoms with Crippen LogP contribution in [0, 0.1) is 10.7 Å². The molecule has 0 spiro atoms. The number of quaternary nitrogens is 1. The van der Waals surface area contributed by atoms with E-state index in [4.69, 9.17) is 27.8 Å². The van der Waals surface area contributed by atoms with E-state index >= 15 is 0 Å². The zero-order valence-corrected chi connectivity index (χ0v) is 17.8.